The summed E-state index contributed by atoms with van der Waals surface area (Å²) < 4.78 is 0. The van der Waals surface area contributed by atoms with Gasteiger partial charge in [0.15, 0.2) is 0 Å². The van der Waals surface area contributed by atoms with Crippen LogP contribution in [0.15, 0.2) is 18.2 Å². The molecule has 76 valence electrons. The second-order valence-electron chi connectivity index (χ2n) is 3.25. The fourth-order valence-electron chi connectivity index (χ4n) is 1.01. The molecule has 4 N–H and O–H groups in total. The molecule has 1 aromatic carbocycles. The molecular weight excluding hydrogens is 180 g/mol. The van der Waals surface area contributed by atoms with Gasteiger partial charge in [0.2, 0.25) is 5.91 Å². The summed E-state index contributed by atoms with van der Waals surface area (Å²) in [5.41, 5.74) is 6.49. The van der Waals surface area contributed by atoms with Crippen LogP contribution < -0.4 is 11.1 Å². The zero-order valence-electron chi connectivity index (χ0n) is 8.24. The molecule has 0 aromatic heterocycles. The maximum atomic E-state index is 11.2. The molecule has 0 aliphatic heterocycles. The number of aryl methyl sites for hydroxylation is 1. The molecule has 0 fully saturated rings. The maximum Gasteiger partial charge on any atom is 0.241 e. The Morgan fingerprint density at radius 2 is 2.21 bits per heavy atom. The van der Waals surface area contributed by atoms with Gasteiger partial charge in [-0.05, 0) is 25.5 Å². The summed E-state index contributed by atoms with van der Waals surface area (Å²) in [4.78, 5) is 11.2. The Labute approximate surface area is 82.7 Å². The Bertz CT molecular complexity index is 348. The van der Waals surface area contributed by atoms with Crippen LogP contribution in [0.1, 0.15) is 12.5 Å². The summed E-state index contributed by atoms with van der Waals surface area (Å²) in [7, 11) is 0. The molecule has 0 spiro atoms. The van der Waals surface area contributed by atoms with Crippen molar-refractivity contribution in [2.45, 2.75) is 19.9 Å². The van der Waals surface area contributed by atoms with Crippen molar-refractivity contribution in [3.05, 3.63) is 23.8 Å². The summed E-state index contributed by atoms with van der Waals surface area (Å²) in [5.74, 6) is -0.229. The molecule has 1 atom stereocenters. The Kier molecular flexibility index (Phi) is 3.09. The summed E-state index contributed by atoms with van der Waals surface area (Å²) in [6.45, 7) is 3.35. The topological polar surface area (TPSA) is 75.4 Å². The molecule has 1 aromatic rings. The van der Waals surface area contributed by atoms with E-state index < -0.39 is 6.04 Å². The molecule has 0 saturated carbocycles. The van der Waals surface area contributed by atoms with Gasteiger partial charge in [-0.3, -0.25) is 4.79 Å². The standard InChI is InChI=1S/C10H14N2O2/c1-6-4-3-5-8(9(6)13)12-10(14)7(2)11/h3-5,7,13H,11H2,1-2H3,(H,12,14). The van der Waals surface area contributed by atoms with Crippen LogP contribution in [0.4, 0.5) is 5.69 Å². The van der Waals surface area contributed by atoms with Crippen LogP contribution in [-0.4, -0.2) is 17.1 Å². The third-order valence-corrected chi connectivity index (χ3v) is 1.91. The predicted octanol–water partition coefficient (Wildman–Crippen LogP) is 0.986. The largest absolute Gasteiger partial charge is 0.505 e. The van der Waals surface area contributed by atoms with E-state index >= 15 is 0 Å². The highest BCUT2D eigenvalue weighted by atomic mass is 16.3. The van der Waals surface area contributed by atoms with Gasteiger partial charge in [0, 0.05) is 0 Å². The molecule has 0 bridgehead atoms. The number of rotatable bonds is 2. The SMILES string of the molecule is Cc1cccc(NC(=O)C(C)N)c1O. The number of carbonyl (C=O) groups is 1. The van der Waals surface area contributed by atoms with Crippen molar-refractivity contribution in [1.82, 2.24) is 0 Å². The monoisotopic (exact) mass is 194 g/mol. The number of hydrogen-bond donors (Lipinski definition) is 3. The number of benzene rings is 1. The second-order valence-corrected chi connectivity index (χ2v) is 3.25. The minimum absolute atomic E-state index is 0.0847. The van der Waals surface area contributed by atoms with E-state index in [1.807, 2.05) is 0 Å². The Balaban J connectivity index is 2.87. The summed E-state index contributed by atoms with van der Waals surface area (Å²) in [5, 5.41) is 12.1. The van der Waals surface area contributed by atoms with Gasteiger partial charge in [-0.25, -0.2) is 0 Å². The van der Waals surface area contributed by atoms with Gasteiger partial charge in [-0.15, -0.1) is 0 Å². The van der Waals surface area contributed by atoms with E-state index in [2.05, 4.69) is 5.32 Å². The van der Waals surface area contributed by atoms with E-state index in [1.165, 1.54) is 0 Å². The van der Waals surface area contributed by atoms with Crippen molar-refractivity contribution in [1.29, 1.82) is 0 Å². The van der Waals surface area contributed by atoms with Gasteiger partial charge in [-0.2, -0.15) is 0 Å². The van der Waals surface area contributed by atoms with Crippen LogP contribution in [0, 0.1) is 6.92 Å². The second kappa shape index (κ2) is 4.11. The molecule has 1 rings (SSSR count). The predicted molar refractivity (Wildman–Crippen MR) is 55.1 cm³/mol. The van der Waals surface area contributed by atoms with E-state index in [0.29, 0.717) is 11.3 Å². The number of para-hydroxylation sites is 1. The number of hydrogen-bond acceptors (Lipinski definition) is 3. The molecular formula is C10H14N2O2. The van der Waals surface area contributed by atoms with Crippen LogP contribution in [0.2, 0.25) is 0 Å². The average Bonchev–Trinajstić information content (AvgIpc) is 2.12. The van der Waals surface area contributed by atoms with E-state index in [4.69, 9.17) is 5.73 Å². The molecule has 0 heterocycles. The quantitative estimate of drug-likeness (QED) is 0.614. The van der Waals surface area contributed by atoms with Crippen LogP contribution in [0.5, 0.6) is 5.75 Å². The molecule has 4 heteroatoms. The number of amides is 1. The number of carbonyl (C=O) groups excluding carboxylic acids is 1. The lowest BCUT2D eigenvalue weighted by molar-refractivity contribution is -0.117. The van der Waals surface area contributed by atoms with Crippen molar-refractivity contribution < 1.29 is 9.90 Å². The number of phenolic OH excluding ortho intramolecular Hbond substituents is 1. The van der Waals surface area contributed by atoms with E-state index in [0.717, 1.165) is 0 Å². The first-order valence-electron chi connectivity index (χ1n) is 4.37. The Hall–Kier alpha value is -1.55. The average molecular weight is 194 g/mol. The lowest BCUT2D eigenvalue weighted by atomic mass is 10.2. The first-order valence-corrected chi connectivity index (χ1v) is 4.37. The van der Waals surface area contributed by atoms with E-state index in [1.54, 1.807) is 32.0 Å². The number of phenols is 1. The number of aromatic hydroxyl groups is 1. The lowest BCUT2D eigenvalue weighted by Crippen LogP contribution is -2.32. The summed E-state index contributed by atoms with van der Waals surface area (Å²) >= 11 is 0. The van der Waals surface area contributed by atoms with Crippen LogP contribution in [0.25, 0.3) is 0 Å². The van der Waals surface area contributed by atoms with Gasteiger partial charge in [-0.1, -0.05) is 12.1 Å². The normalized spacial score (nSPS) is 12.2. The molecule has 4 nitrogen and oxygen atoms in total. The van der Waals surface area contributed by atoms with Gasteiger partial charge < -0.3 is 16.2 Å². The van der Waals surface area contributed by atoms with Crippen molar-refractivity contribution >= 4 is 11.6 Å². The zero-order chi connectivity index (χ0) is 10.7. The van der Waals surface area contributed by atoms with Gasteiger partial charge in [0.25, 0.3) is 0 Å². The summed E-state index contributed by atoms with van der Waals surface area (Å²) in [6, 6.07) is 4.56. The fourth-order valence-corrected chi connectivity index (χ4v) is 1.01. The highest BCUT2D eigenvalue weighted by Gasteiger charge is 2.10. The number of nitrogens with one attached hydrogen (secondary N) is 1. The lowest BCUT2D eigenvalue weighted by Gasteiger charge is -2.10. The van der Waals surface area contributed by atoms with Crippen LogP contribution in [-0.2, 0) is 4.79 Å². The Morgan fingerprint density at radius 3 is 2.79 bits per heavy atom. The van der Waals surface area contributed by atoms with Gasteiger partial charge in [0.1, 0.15) is 5.75 Å². The third-order valence-electron chi connectivity index (χ3n) is 1.91. The van der Waals surface area contributed by atoms with Crippen LogP contribution in [0.3, 0.4) is 0 Å². The number of nitrogens with two attached hydrogens (primary N) is 1. The first-order chi connectivity index (χ1) is 6.52. The summed E-state index contributed by atoms with van der Waals surface area (Å²) in [6.07, 6.45) is 0. The zero-order valence-corrected chi connectivity index (χ0v) is 8.24. The molecule has 0 aliphatic carbocycles. The maximum absolute atomic E-state index is 11.2. The number of anilines is 1. The smallest absolute Gasteiger partial charge is 0.241 e. The van der Waals surface area contributed by atoms with Crippen LogP contribution >= 0.6 is 0 Å². The molecule has 0 saturated heterocycles. The minimum atomic E-state index is -0.588. The van der Waals surface area contributed by atoms with E-state index in [-0.39, 0.29) is 11.7 Å². The molecule has 14 heavy (non-hydrogen) atoms. The fraction of sp³-hybridized carbons (Fsp3) is 0.300. The molecule has 1 unspecified atom stereocenters. The van der Waals surface area contributed by atoms with E-state index in [9.17, 15) is 9.90 Å². The van der Waals surface area contributed by atoms with Crippen molar-refractivity contribution in [3.63, 3.8) is 0 Å². The van der Waals surface area contributed by atoms with Crippen molar-refractivity contribution in [2.24, 2.45) is 5.73 Å². The highest BCUT2D eigenvalue weighted by Crippen LogP contribution is 2.26. The van der Waals surface area contributed by atoms with Gasteiger partial charge in [0.05, 0.1) is 11.7 Å². The molecule has 1 amide bonds. The first kappa shape index (κ1) is 10.5. The van der Waals surface area contributed by atoms with Gasteiger partial charge >= 0.3 is 0 Å². The molecule has 0 radical (unpaired) electrons. The Morgan fingerprint density at radius 1 is 1.57 bits per heavy atom. The highest BCUT2D eigenvalue weighted by molar-refractivity contribution is 5.95. The van der Waals surface area contributed by atoms with Crippen molar-refractivity contribution in [2.75, 3.05) is 5.32 Å². The van der Waals surface area contributed by atoms with Crippen molar-refractivity contribution in [3.8, 4) is 5.75 Å². The molecule has 0 aliphatic rings. The minimum Gasteiger partial charge on any atom is -0.505 e. The third kappa shape index (κ3) is 2.23.